The normalized spacial score (nSPS) is 9.89. The highest BCUT2D eigenvalue weighted by atomic mass is 16.4. The van der Waals surface area contributed by atoms with E-state index in [4.69, 9.17) is 5.11 Å². The fraction of sp³-hybridized carbons (Fsp3) is 0. The van der Waals surface area contributed by atoms with E-state index in [0.717, 1.165) is 0 Å². The Morgan fingerprint density at radius 2 is 1.42 bits per heavy atom. The lowest BCUT2D eigenvalue weighted by Crippen LogP contribution is -2.12. The molecule has 0 saturated heterocycles. The molecule has 0 atom stereocenters. The Kier molecular flexibility index (Phi) is 3.47. The monoisotopic (exact) mass is 256 g/mol. The van der Waals surface area contributed by atoms with Crippen LogP contribution in [0.15, 0.2) is 48.5 Å². The van der Waals surface area contributed by atoms with Crippen LogP contribution in [0.2, 0.25) is 0 Å². The van der Waals surface area contributed by atoms with Gasteiger partial charge in [-0.2, -0.15) is 0 Å². The van der Waals surface area contributed by atoms with E-state index in [0.29, 0.717) is 11.3 Å². The molecule has 2 aromatic rings. The van der Waals surface area contributed by atoms with Gasteiger partial charge < -0.3 is 15.5 Å². The molecule has 0 heterocycles. The lowest BCUT2D eigenvalue weighted by molar-refractivity contribution is -0.268. The average Bonchev–Trinajstić information content (AvgIpc) is 2.40. The summed E-state index contributed by atoms with van der Waals surface area (Å²) < 4.78 is 0. The number of benzene rings is 2. The summed E-state index contributed by atoms with van der Waals surface area (Å²) in [7, 11) is 0. The molecule has 0 spiro atoms. The van der Waals surface area contributed by atoms with Crippen molar-refractivity contribution in [1.82, 2.24) is 0 Å². The van der Waals surface area contributed by atoms with Gasteiger partial charge in [0.05, 0.1) is 5.56 Å². The highest BCUT2D eigenvalue weighted by Crippen LogP contribution is 2.12. The van der Waals surface area contributed by atoms with Gasteiger partial charge in [0.25, 0.3) is 5.91 Å². The summed E-state index contributed by atoms with van der Waals surface area (Å²) in [4.78, 5) is 22.5. The van der Waals surface area contributed by atoms with E-state index in [1.54, 1.807) is 0 Å². The summed E-state index contributed by atoms with van der Waals surface area (Å²) in [6, 6.07) is 11.3. The van der Waals surface area contributed by atoms with Crippen LogP contribution >= 0.6 is 0 Å². The van der Waals surface area contributed by atoms with Crippen molar-refractivity contribution in [3.05, 3.63) is 59.7 Å². The number of amides is 1. The first-order valence-electron chi connectivity index (χ1n) is 5.48. The molecule has 5 heteroatoms. The number of hydrogen-bond acceptors (Lipinski definition) is 3. The second-order valence-electron chi connectivity index (χ2n) is 3.86. The second-order valence-corrected chi connectivity index (χ2v) is 3.86. The Hall–Kier alpha value is -2.82. The first-order valence-corrected chi connectivity index (χ1v) is 5.48. The summed E-state index contributed by atoms with van der Waals surface area (Å²) in [5.41, 5.74) is 0.997. The number of carbonyl (C=O) groups excluding carboxylic acids is 1. The minimum Gasteiger partial charge on any atom is -0.872 e. The SMILES string of the molecule is O=C(O)c1ccc(NC(=O)c2ccc([O-])cc2)cc1. The Balaban J connectivity index is 2.10. The van der Waals surface area contributed by atoms with Crippen molar-refractivity contribution in [1.29, 1.82) is 0 Å². The van der Waals surface area contributed by atoms with Crippen molar-refractivity contribution in [3.8, 4) is 5.75 Å². The second kappa shape index (κ2) is 5.22. The Labute approximate surface area is 109 Å². The van der Waals surface area contributed by atoms with Crippen LogP contribution in [0.3, 0.4) is 0 Å². The molecule has 0 aliphatic heterocycles. The fourth-order valence-corrected chi connectivity index (χ4v) is 1.51. The quantitative estimate of drug-likeness (QED) is 0.874. The summed E-state index contributed by atoms with van der Waals surface area (Å²) in [6.07, 6.45) is 0. The zero-order valence-corrected chi connectivity index (χ0v) is 9.79. The molecule has 0 aliphatic rings. The van der Waals surface area contributed by atoms with Crippen LogP contribution in [-0.4, -0.2) is 17.0 Å². The largest absolute Gasteiger partial charge is 0.872 e. The van der Waals surface area contributed by atoms with Gasteiger partial charge in [0.15, 0.2) is 0 Å². The molecule has 1 amide bonds. The lowest BCUT2D eigenvalue weighted by atomic mass is 10.2. The van der Waals surface area contributed by atoms with Crippen LogP contribution in [0.4, 0.5) is 5.69 Å². The number of carboxylic acids is 1. The number of carboxylic acid groups (broad SMARTS) is 1. The first-order chi connectivity index (χ1) is 9.06. The molecule has 0 aliphatic carbocycles. The van der Waals surface area contributed by atoms with E-state index < -0.39 is 5.97 Å². The van der Waals surface area contributed by atoms with Gasteiger partial charge >= 0.3 is 5.97 Å². The van der Waals surface area contributed by atoms with Crippen LogP contribution in [0.5, 0.6) is 5.75 Å². The maximum atomic E-state index is 11.8. The maximum absolute atomic E-state index is 11.8. The Morgan fingerprint density at radius 3 is 1.95 bits per heavy atom. The van der Waals surface area contributed by atoms with Gasteiger partial charge in [-0.05, 0) is 24.3 Å². The highest BCUT2D eigenvalue weighted by molar-refractivity contribution is 6.04. The van der Waals surface area contributed by atoms with Crippen LogP contribution in [-0.2, 0) is 0 Å². The summed E-state index contributed by atoms with van der Waals surface area (Å²) >= 11 is 0. The summed E-state index contributed by atoms with van der Waals surface area (Å²) in [5, 5.41) is 22.3. The molecule has 96 valence electrons. The zero-order valence-electron chi connectivity index (χ0n) is 9.79. The van der Waals surface area contributed by atoms with Crippen molar-refractivity contribution in [2.45, 2.75) is 0 Å². The van der Waals surface area contributed by atoms with Crippen molar-refractivity contribution < 1.29 is 19.8 Å². The van der Waals surface area contributed by atoms with Crippen LogP contribution in [0.25, 0.3) is 0 Å². The van der Waals surface area contributed by atoms with Crippen molar-refractivity contribution in [2.75, 3.05) is 5.32 Å². The molecule has 0 bridgehead atoms. The van der Waals surface area contributed by atoms with Gasteiger partial charge in [-0.3, -0.25) is 4.79 Å². The molecule has 5 nitrogen and oxygen atoms in total. The average molecular weight is 256 g/mol. The molecular weight excluding hydrogens is 246 g/mol. The minimum atomic E-state index is -1.02. The van der Waals surface area contributed by atoms with Gasteiger partial charge in [0, 0.05) is 11.3 Å². The van der Waals surface area contributed by atoms with Gasteiger partial charge in [0.2, 0.25) is 0 Å². The minimum absolute atomic E-state index is 0.147. The van der Waals surface area contributed by atoms with E-state index in [1.807, 2.05) is 0 Å². The molecule has 0 radical (unpaired) electrons. The molecular formula is C14H10NO4-. The molecule has 0 saturated carbocycles. The predicted molar refractivity (Wildman–Crippen MR) is 67.2 cm³/mol. The van der Waals surface area contributed by atoms with E-state index in [1.165, 1.54) is 48.5 Å². The molecule has 19 heavy (non-hydrogen) atoms. The lowest BCUT2D eigenvalue weighted by Gasteiger charge is -2.08. The van der Waals surface area contributed by atoms with Gasteiger partial charge in [-0.25, -0.2) is 4.79 Å². The summed E-state index contributed by atoms with van der Waals surface area (Å²) in [5.74, 6) is -1.55. The van der Waals surface area contributed by atoms with Crippen molar-refractivity contribution in [2.24, 2.45) is 0 Å². The highest BCUT2D eigenvalue weighted by Gasteiger charge is 2.06. The van der Waals surface area contributed by atoms with E-state index in [-0.39, 0.29) is 17.2 Å². The topological polar surface area (TPSA) is 89.5 Å². The first kappa shape index (κ1) is 12.6. The molecule has 0 fully saturated rings. The zero-order chi connectivity index (χ0) is 13.8. The third-order valence-electron chi connectivity index (χ3n) is 2.51. The number of anilines is 1. The fourth-order valence-electron chi connectivity index (χ4n) is 1.51. The molecule has 2 rings (SSSR count). The van der Waals surface area contributed by atoms with Gasteiger partial charge in [-0.1, -0.05) is 24.3 Å². The summed E-state index contributed by atoms with van der Waals surface area (Å²) in [6.45, 7) is 0. The van der Waals surface area contributed by atoms with Crippen molar-refractivity contribution in [3.63, 3.8) is 0 Å². The van der Waals surface area contributed by atoms with Gasteiger partial charge in [0.1, 0.15) is 0 Å². The van der Waals surface area contributed by atoms with E-state index in [2.05, 4.69) is 5.32 Å². The van der Waals surface area contributed by atoms with Crippen molar-refractivity contribution >= 4 is 17.6 Å². The molecule has 0 aromatic heterocycles. The van der Waals surface area contributed by atoms with Crippen LogP contribution in [0.1, 0.15) is 20.7 Å². The number of aromatic carboxylic acids is 1. The molecule has 2 N–H and O–H groups in total. The Bertz CT molecular complexity index is 602. The van der Waals surface area contributed by atoms with E-state index >= 15 is 0 Å². The van der Waals surface area contributed by atoms with Crippen LogP contribution in [0, 0.1) is 0 Å². The molecule has 0 unspecified atom stereocenters. The number of rotatable bonds is 3. The number of nitrogens with one attached hydrogen (secondary N) is 1. The number of carbonyl (C=O) groups is 2. The Morgan fingerprint density at radius 1 is 0.895 bits per heavy atom. The van der Waals surface area contributed by atoms with Crippen LogP contribution < -0.4 is 10.4 Å². The molecule has 2 aromatic carbocycles. The standard InChI is InChI=1S/C14H11NO4/c16-12-7-3-9(4-8-12)13(17)15-11-5-1-10(2-6-11)14(18)19/h1-8,16H,(H,15,17)(H,18,19)/p-1. The number of hydrogen-bond donors (Lipinski definition) is 2. The smallest absolute Gasteiger partial charge is 0.335 e. The maximum Gasteiger partial charge on any atom is 0.335 e. The van der Waals surface area contributed by atoms with Gasteiger partial charge in [-0.15, -0.1) is 5.75 Å². The predicted octanol–water partition coefficient (Wildman–Crippen LogP) is 1.71. The third-order valence-corrected chi connectivity index (χ3v) is 2.51. The van der Waals surface area contributed by atoms with E-state index in [9.17, 15) is 14.7 Å². The third kappa shape index (κ3) is 3.10.